The predicted octanol–water partition coefficient (Wildman–Crippen LogP) is 8.91. The van der Waals surface area contributed by atoms with E-state index in [-0.39, 0.29) is 11.6 Å². The number of ether oxygens (including phenoxy) is 1. The third kappa shape index (κ3) is 5.35. The average Bonchev–Trinajstić information content (AvgIpc) is 3.00. The smallest absolute Gasteiger partial charge is 0.195 e. The minimum atomic E-state index is -0.112. The molecule has 0 amide bonds. The van der Waals surface area contributed by atoms with E-state index >= 15 is 0 Å². The van der Waals surface area contributed by atoms with Crippen LogP contribution in [0, 0.1) is 0 Å². The highest BCUT2D eigenvalue weighted by molar-refractivity contribution is 7.99. The molecule has 5 aromatic carbocycles. The highest BCUT2D eigenvalue weighted by atomic mass is 32.2. The lowest BCUT2D eigenvalue weighted by molar-refractivity contribution is 0.0974. The Morgan fingerprint density at radius 2 is 1.07 bits per heavy atom. The van der Waals surface area contributed by atoms with Crippen LogP contribution in [0.15, 0.2) is 135 Å². The van der Waals surface area contributed by atoms with Crippen molar-refractivity contribution in [1.82, 2.24) is 0 Å². The molecule has 6 rings (SSSR count). The SMILES string of the molecule is CCc1ccc(Sc2cccc3c2C(=O)c2cccc(Sc4ccc(OCc5ccccc5)cc4)c2C3=O)cc1. The molecule has 1 aliphatic carbocycles. The zero-order valence-corrected chi connectivity index (χ0v) is 23.6. The molecule has 5 aromatic rings. The van der Waals surface area contributed by atoms with Gasteiger partial charge in [-0.3, -0.25) is 9.59 Å². The third-order valence-electron chi connectivity index (χ3n) is 6.86. The molecule has 0 bridgehead atoms. The molecule has 0 atom stereocenters. The number of aryl methyl sites for hydroxylation is 1. The van der Waals surface area contributed by atoms with Gasteiger partial charge in [0, 0.05) is 41.8 Å². The maximum absolute atomic E-state index is 13.8. The first kappa shape index (κ1) is 26.2. The van der Waals surface area contributed by atoms with Crippen LogP contribution in [0.25, 0.3) is 0 Å². The van der Waals surface area contributed by atoms with Gasteiger partial charge < -0.3 is 4.74 Å². The van der Waals surface area contributed by atoms with Gasteiger partial charge in [-0.1, -0.05) is 97.2 Å². The quantitative estimate of drug-likeness (QED) is 0.187. The predicted molar refractivity (Wildman–Crippen MR) is 161 cm³/mol. The fourth-order valence-electron chi connectivity index (χ4n) is 4.74. The Labute approximate surface area is 242 Å². The molecule has 0 heterocycles. The van der Waals surface area contributed by atoms with Crippen LogP contribution in [0.4, 0.5) is 0 Å². The number of rotatable bonds is 8. The van der Waals surface area contributed by atoms with E-state index in [2.05, 4.69) is 31.2 Å². The summed E-state index contributed by atoms with van der Waals surface area (Å²) >= 11 is 3.00. The van der Waals surface area contributed by atoms with Crippen LogP contribution in [-0.4, -0.2) is 11.6 Å². The van der Waals surface area contributed by atoms with Crippen LogP contribution in [0.1, 0.15) is 49.9 Å². The maximum atomic E-state index is 13.8. The zero-order chi connectivity index (χ0) is 27.5. The molecule has 0 saturated heterocycles. The molecule has 0 unspecified atom stereocenters. The molecule has 0 radical (unpaired) electrons. The third-order valence-corrected chi connectivity index (χ3v) is 8.99. The lowest BCUT2D eigenvalue weighted by atomic mass is 9.84. The van der Waals surface area contributed by atoms with Gasteiger partial charge in [0.05, 0.1) is 0 Å². The van der Waals surface area contributed by atoms with Gasteiger partial charge in [0.2, 0.25) is 0 Å². The van der Waals surface area contributed by atoms with E-state index in [1.54, 1.807) is 12.1 Å². The minimum Gasteiger partial charge on any atom is -0.489 e. The first-order valence-electron chi connectivity index (χ1n) is 13.2. The first-order valence-corrected chi connectivity index (χ1v) is 14.8. The molecule has 0 aromatic heterocycles. The normalized spacial score (nSPS) is 12.1. The monoisotopic (exact) mass is 558 g/mol. The van der Waals surface area contributed by atoms with Gasteiger partial charge in [0.1, 0.15) is 12.4 Å². The van der Waals surface area contributed by atoms with Crippen LogP contribution in [0.3, 0.4) is 0 Å². The second-order valence-corrected chi connectivity index (χ2v) is 11.7. The topological polar surface area (TPSA) is 43.4 Å². The Bertz CT molecular complexity index is 1690. The Morgan fingerprint density at radius 3 is 1.60 bits per heavy atom. The van der Waals surface area contributed by atoms with Crippen molar-refractivity contribution in [2.24, 2.45) is 0 Å². The molecule has 5 heteroatoms. The van der Waals surface area contributed by atoms with Crippen LogP contribution >= 0.6 is 23.5 Å². The van der Waals surface area contributed by atoms with Gasteiger partial charge in [-0.25, -0.2) is 0 Å². The van der Waals surface area contributed by atoms with Gasteiger partial charge in [-0.15, -0.1) is 0 Å². The van der Waals surface area contributed by atoms with Gasteiger partial charge in [-0.05, 0) is 66.1 Å². The second kappa shape index (κ2) is 11.6. The van der Waals surface area contributed by atoms with E-state index in [4.69, 9.17) is 4.74 Å². The van der Waals surface area contributed by atoms with Crippen molar-refractivity contribution in [3.05, 3.63) is 149 Å². The van der Waals surface area contributed by atoms with Crippen LogP contribution in [0.2, 0.25) is 0 Å². The Kier molecular flexibility index (Phi) is 7.58. The van der Waals surface area contributed by atoms with Gasteiger partial charge in [-0.2, -0.15) is 0 Å². The Morgan fingerprint density at radius 1 is 0.550 bits per heavy atom. The standard InChI is InChI=1S/C35H26O3S2/c1-2-23-14-18-26(19-15-23)39-30-12-6-10-28-32(30)34(36)29-11-7-13-31(33(29)35(28)37)40-27-20-16-25(17-21-27)38-22-24-8-4-3-5-9-24/h3-21H,2,22H2,1H3. The van der Waals surface area contributed by atoms with Gasteiger partial charge >= 0.3 is 0 Å². The highest BCUT2D eigenvalue weighted by Gasteiger charge is 2.33. The number of hydrogen-bond acceptors (Lipinski definition) is 5. The highest BCUT2D eigenvalue weighted by Crippen LogP contribution is 2.41. The summed E-state index contributed by atoms with van der Waals surface area (Å²) in [6, 6.07) is 37.3. The number of carbonyl (C=O) groups excluding carboxylic acids is 2. The molecule has 40 heavy (non-hydrogen) atoms. The Hall–Kier alpha value is -4.06. The number of hydrogen-bond donors (Lipinski definition) is 0. The molecule has 0 aliphatic heterocycles. The van der Waals surface area contributed by atoms with E-state index in [1.165, 1.54) is 29.1 Å². The first-order chi connectivity index (χ1) is 19.6. The largest absolute Gasteiger partial charge is 0.489 e. The fourth-order valence-corrected chi connectivity index (χ4v) is 6.70. The maximum Gasteiger partial charge on any atom is 0.195 e. The van der Waals surface area contributed by atoms with Crippen molar-refractivity contribution >= 4 is 35.1 Å². The number of fused-ring (bicyclic) bond motifs is 2. The van der Waals surface area contributed by atoms with Crippen molar-refractivity contribution in [2.45, 2.75) is 39.5 Å². The molecule has 196 valence electrons. The summed E-state index contributed by atoms with van der Waals surface area (Å²) in [5, 5.41) is 0. The molecule has 3 nitrogen and oxygen atoms in total. The minimum absolute atomic E-state index is 0.106. The average molecular weight is 559 g/mol. The van der Waals surface area contributed by atoms with Gasteiger partial charge in [0.15, 0.2) is 11.6 Å². The zero-order valence-electron chi connectivity index (χ0n) is 21.9. The lowest BCUT2D eigenvalue weighted by Gasteiger charge is -2.22. The van der Waals surface area contributed by atoms with Crippen molar-refractivity contribution in [1.29, 1.82) is 0 Å². The molecule has 1 aliphatic rings. The second-order valence-electron chi connectivity index (χ2n) is 9.46. The lowest BCUT2D eigenvalue weighted by Crippen LogP contribution is -2.22. The summed E-state index contributed by atoms with van der Waals surface area (Å²) in [4.78, 5) is 31.2. The van der Waals surface area contributed by atoms with Gasteiger partial charge in [0.25, 0.3) is 0 Å². The van der Waals surface area contributed by atoms with E-state index in [1.807, 2.05) is 78.9 Å². The summed E-state index contributed by atoms with van der Waals surface area (Å²) < 4.78 is 5.91. The Balaban J connectivity index is 1.24. The molecular weight excluding hydrogens is 533 g/mol. The van der Waals surface area contributed by atoms with E-state index in [9.17, 15) is 9.59 Å². The summed E-state index contributed by atoms with van der Waals surface area (Å²) in [6.45, 7) is 2.63. The van der Waals surface area contributed by atoms with E-state index < -0.39 is 0 Å². The van der Waals surface area contributed by atoms with E-state index in [0.717, 1.165) is 37.3 Å². The van der Waals surface area contributed by atoms with Crippen LogP contribution in [-0.2, 0) is 13.0 Å². The molecular formula is C35H26O3S2. The van der Waals surface area contributed by atoms with Crippen molar-refractivity contribution < 1.29 is 14.3 Å². The van der Waals surface area contributed by atoms with E-state index in [0.29, 0.717) is 28.9 Å². The summed E-state index contributed by atoms with van der Waals surface area (Å²) in [5.41, 5.74) is 4.26. The van der Waals surface area contributed by atoms with Crippen LogP contribution < -0.4 is 4.74 Å². The molecule has 0 fully saturated rings. The fraction of sp³-hybridized carbons (Fsp3) is 0.0857. The van der Waals surface area contributed by atoms with Crippen molar-refractivity contribution in [3.8, 4) is 5.75 Å². The van der Waals surface area contributed by atoms with Crippen LogP contribution in [0.5, 0.6) is 5.75 Å². The number of ketones is 2. The number of benzene rings is 5. The molecule has 0 N–H and O–H groups in total. The van der Waals surface area contributed by atoms with Crippen molar-refractivity contribution in [2.75, 3.05) is 0 Å². The molecule has 0 spiro atoms. The number of carbonyl (C=O) groups is 2. The summed E-state index contributed by atoms with van der Waals surface area (Å²) in [6.07, 6.45) is 0.974. The van der Waals surface area contributed by atoms with Crippen molar-refractivity contribution in [3.63, 3.8) is 0 Å². The summed E-state index contributed by atoms with van der Waals surface area (Å²) in [7, 11) is 0. The summed E-state index contributed by atoms with van der Waals surface area (Å²) in [5.74, 6) is 0.558. The molecule has 0 saturated carbocycles.